The third kappa shape index (κ3) is 1.52. The molecule has 0 bridgehead atoms. The van der Waals surface area contributed by atoms with E-state index in [9.17, 15) is 8.42 Å². The third-order valence-corrected chi connectivity index (χ3v) is 6.43. The van der Waals surface area contributed by atoms with E-state index >= 15 is 0 Å². The zero-order chi connectivity index (χ0) is 11.6. The fraction of sp³-hybridized carbons (Fsp3) is 1.00. The van der Waals surface area contributed by atoms with E-state index in [1.807, 2.05) is 0 Å². The molecule has 2 aliphatic heterocycles. The number of sulfonamides is 1. The summed E-state index contributed by atoms with van der Waals surface area (Å²) in [5.41, 5.74) is 0.312. The second-order valence-electron chi connectivity index (χ2n) is 6.01. The smallest absolute Gasteiger partial charge is 0.217 e. The lowest BCUT2D eigenvalue weighted by Crippen LogP contribution is -2.73. The Morgan fingerprint density at radius 1 is 1.12 bits per heavy atom. The number of rotatable bonds is 3. The van der Waals surface area contributed by atoms with E-state index in [-0.39, 0.29) is 5.25 Å². The molecule has 0 N–H and O–H groups in total. The summed E-state index contributed by atoms with van der Waals surface area (Å²) in [6, 6.07) is 0.597. The molecule has 0 aromatic heterocycles. The van der Waals surface area contributed by atoms with Crippen molar-refractivity contribution in [2.24, 2.45) is 5.41 Å². The quantitative estimate of drug-likeness (QED) is 0.726. The molecule has 3 rings (SSSR count). The van der Waals surface area contributed by atoms with Crippen molar-refractivity contribution in [2.75, 3.05) is 26.2 Å². The summed E-state index contributed by atoms with van der Waals surface area (Å²) in [5, 5.41) is -0.0360. The highest BCUT2D eigenvalue weighted by Gasteiger charge is 2.57. The van der Waals surface area contributed by atoms with Crippen LogP contribution in [0.4, 0.5) is 0 Å². The van der Waals surface area contributed by atoms with Crippen LogP contribution in [0.3, 0.4) is 0 Å². The van der Waals surface area contributed by atoms with Crippen LogP contribution < -0.4 is 0 Å². The van der Waals surface area contributed by atoms with Gasteiger partial charge in [-0.15, -0.1) is 0 Å². The van der Waals surface area contributed by atoms with Gasteiger partial charge in [0.2, 0.25) is 10.0 Å². The number of nitrogens with zero attached hydrogens (tertiary/aromatic N) is 2. The monoisotopic (exact) mass is 244 g/mol. The van der Waals surface area contributed by atoms with E-state index in [1.165, 1.54) is 0 Å². The van der Waals surface area contributed by atoms with Gasteiger partial charge in [-0.05, 0) is 26.7 Å². The standard InChI is InChI=1S/C11H20N2O2S/c1-9(2)12-5-11(6-12)7-13(8-11)16(14,15)10-3-4-10/h9-10H,3-8H2,1-2H3. The fourth-order valence-corrected chi connectivity index (χ4v) is 4.90. The van der Waals surface area contributed by atoms with Crippen LogP contribution in [0.1, 0.15) is 26.7 Å². The summed E-state index contributed by atoms with van der Waals surface area (Å²) in [6.07, 6.45) is 1.76. The Bertz CT molecular complexity index is 386. The van der Waals surface area contributed by atoms with Crippen molar-refractivity contribution in [2.45, 2.75) is 38.0 Å². The fourth-order valence-electron chi connectivity index (χ4n) is 2.84. The number of hydrogen-bond donors (Lipinski definition) is 0. The lowest BCUT2D eigenvalue weighted by Gasteiger charge is -2.60. The van der Waals surface area contributed by atoms with Gasteiger partial charge in [0.25, 0.3) is 0 Å². The van der Waals surface area contributed by atoms with Crippen molar-refractivity contribution in [3.05, 3.63) is 0 Å². The summed E-state index contributed by atoms with van der Waals surface area (Å²) in [4.78, 5) is 2.42. The lowest BCUT2D eigenvalue weighted by atomic mass is 9.74. The van der Waals surface area contributed by atoms with Crippen LogP contribution in [0.15, 0.2) is 0 Å². The Balaban J connectivity index is 1.56. The molecule has 5 heteroatoms. The van der Waals surface area contributed by atoms with Crippen molar-refractivity contribution >= 4 is 10.0 Å². The maximum Gasteiger partial charge on any atom is 0.217 e. The topological polar surface area (TPSA) is 40.6 Å². The van der Waals surface area contributed by atoms with Gasteiger partial charge in [0.15, 0.2) is 0 Å². The molecular weight excluding hydrogens is 224 g/mol. The Hall–Kier alpha value is -0.130. The van der Waals surface area contributed by atoms with Gasteiger partial charge >= 0.3 is 0 Å². The molecule has 92 valence electrons. The SMILES string of the molecule is CC(C)N1CC2(C1)CN(S(=O)(=O)C1CC1)C2. The Morgan fingerprint density at radius 3 is 2.12 bits per heavy atom. The van der Waals surface area contributed by atoms with Crippen LogP contribution in [0, 0.1) is 5.41 Å². The van der Waals surface area contributed by atoms with E-state index < -0.39 is 10.0 Å². The van der Waals surface area contributed by atoms with Crippen LogP contribution in [0.2, 0.25) is 0 Å². The van der Waals surface area contributed by atoms with Crippen molar-refractivity contribution in [1.29, 1.82) is 0 Å². The highest BCUT2D eigenvalue weighted by atomic mass is 32.2. The van der Waals surface area contributed by atoms with Crippen molar-refractivity contribution in [1.82, 2.24) is 9.21 Å². The normalized spacial score (nSPS) is 30.4. The van der Waals surface area contributed by atoms with Crippen LogP contribution in [0.5, 0.6) is 0 Å². The predicted octanol–water partition coefficient (Wildman–Crippen LogP) is 0.505. The molecule has 0 aromatic carbocycles. The van der Waals surface area contributed by atoms with Gasteiger partial charge in [-0.3, -0.25) is 4.90 Å². The molecule has 3 fully saturated rings. The van der Waals surface area contributed by atoms with E-state index in [0.29, 0.717) is 11.5 Å². The molecule has 2 saturated heterocycles. The van der Waals surface area contributed by atoms with Crippen LogP contribution in [0.25, 0.3) is 0 Å². The Morgan fingerprint density at radius 2 is 1.69 bits per heavy atom. The molecule has 0 radical (unpaired) electrons. The summed E-state index contributed by atoms with van der Waals surface area (Å²) in [6.45, 7) is 8.11. The number of likely N-dealkylation sites (tertiary alicyclic amines) is 1. The van der Waals surface area contributed by atoms with Gasteiger partial charge in [-0.1, -0.05) is 0 Å². The van der Waals surface area contributed by atoms with Gasteiger partial charge < -0.3 is 0 Å². The van der Waals surface area contributed by atoms with E-state index in [1.54, 1.807) is 4.31 Å². The van der Waals surface area contributed by atoms with Crippen LogP contribution >= 0.6 is 0 Å². The zero-order valence-electron chi connectivity index (χ0n) is 10.0. The molecule has 1 saturated carbocycles. The van der Waals surface area contributed by atoms with Gasteiger partial charge in [0.1, 0.15) is 0 Å². The van der Waals surface area contributed by atoms with Gasteiger partial charge in [-0.2, -0.15) is 0 Å². The largest absolute Gasteiger partial charge is 0.300 e. The zero-order valence-corrected chi connectivity index (χ0v) is 10.8. The molecule has 4 nitrogen and oxygen atoms in total. The first kappa shape index (κ1) is 11.0. The first-order chi connectivity index (χ1) is 7.43. The first-order valence-electron chi connectivity index (χ1n) is 6.16. The molecule has 3 aliphatic rings. The van der Waals surface area contributed by atoms with E-state index in [2.05, 4.69) is 18.7 Å². The highest BCUT2D eigenvalue weighted by molar-refractivity contribution is 7.90. The van der Waals surface area contributed by atoms with Gasteiger partial charge in [0.05, 0.1) is 5.25 Å². The second-order valence-corrected chi connectivity index (χ2v) is 8.22. The molecule has 0 atom stereocenters. The minimum absolute atomic E-state index is 0.0360. The summed E-state index contributed by atoms with van der Waals surface area (Å²) < 4.78 is 25.6. The molecular formula is C11H20N2O2S. The molecule has 2 heterocycles. The molecule has 0 amide bonds. The highest BCUT2D eigenvalue weighted by Crippen LogP contribution is 2.44. The van der Waals surface area contributed by atoms with Crippen molar-refractivity contribution in [3.8, 4) is 0 Å². The average molecular weight is 244 g/mol. The predicted molar refractivity (Wildman–Crippen MR) is 62.7 cm³/mol. The molecule has 16 heavy (non-hydrogen) atoms. The van der Waals surface area contributed by atoms with Crippen LogP contribution in [-0.2, 0) is 10.0 Å². The maximum atomic E-state index is 11.9. The number of hydrogen-bond acceptors (Lipinski definition) is 3. The maximum absolute atomic E-state index is 11.9. The van der Waals surface area contributed by atoms with Crippen molar-refractivity contribution in [3.63, 3.8) is 0 Å². The molecule has 0 aromatic rings. The van der Waals surface area contributed by atoms with Gasteiger partial charge in [-0.25, -0.2) is 12.7 Å². The lowest BCUT2D eigenvalue weighted by molar-refractivity contribution is -0.0941. The second kappa shape index (κ2) is 3.21. The van der Waals surface area contributed by atoms with Gasteiger partial charge in [0, 0.05) is 37.6 Å². The average Bonchev–Trinajstić information content (AvgIpc) is 2.77. The van der Waals surface area contributed by atoms with Crippen LogP contribution in [-0.4, -0.2) is 55.1 Å². The minimum atomic E-state index is -2.90. The minimum Gasteiger partial charge on any atom is -0.300 e. The molecule has 0 unspecified atom stereocenters. The molecule has 1 aliphatic carbocycles. The third-order valence-electron chi connectivity index (χ3n) is 4.14. The summed E-state index contributed by atoms with van der Waals surface area (Å²) in [7, 11) is -2.90. The van der Waals surface area contributed by atoms with E-state index in [0.717, 1.165) is 39.0 Å². The summed E-state index contributed by atoms with van der Waals surface area (Å²) >= 11 is 0. The van der Waals surface area contributed by atoms with Crippen molar-refractivity contribution < 1.29 is 8.42 Å². The van der Waals surface area contributed by atoms with E-state index in [4.69, 9.17) is 0 Å². The Kier molecular flexibility index (Phi) is 2.20. The Labute approximate surface area is 97.7 Å². The first-order valence-corrected chi connectivity index (χ1v) is 7.66. The molecule has 1 spiro atoms. The summed E-state index contributed by atoms with van der Waals surface area (Å²) in [5.74, 6) is 0.